The molecule has 4 rings (SSSR count). The monoisotopic (exact) mass is 402 g/mol. The number of ether oxygens (including phenoxy) is 1. The van der Waals surface area contributed by atoms with Crippen molar-refractivity contribution < 1.29 is 19.2 Å². The quantitative estimate of drug-likeness (QED) is 0.346. The van der Waals surface area contributed by atoms with E-state index in [2.05, 4.69) is 4.98 Å². The maximum atomic E-state index is 11.3. The van der Waals surface area contributed by atoms with Crippen LogP contribution in [0.4, 0.5) is 0 Å². The van der Waals surface area contributed by atoms with Gasteiger partial charge in [-0.15, -0.1) is 0 Å². The van der Waals surface area contributed by atoms with E-state index < -0.39 is 6.04 Å². The molecule has 1 heterocycles. The molecular weight excluding hydrogens is 380 g/mol. The lowest BCUT2D eigenvalue weighted by atomic mass is 10.0. The van der Waals surface area contributed by atoms with Crippen molar-refractivity contribution in [3.05, 3.63) is 84.3 Å². The van der Waals surface area contributed by atoms with E-state index in [4.69, 9.17) is 9.15 Å². The second-order valence-corrected chi connectivity index (χ2v) is 7.05. The van der Waals surface area contributed by atoms with Crippen LogP contribution in [0.2, 0.25) is 0 Å². The lowest BCUT2D eigenvalue weighted by Crippen LogP contribution is -2.27. The first-order chi connectivity index (χ1) is 14.5. The Balaban J connectivity index is 1.41. The lowest BCUT2D eigenvalue weighted by Gasteiger charge is -2.21. The fourth-order valence-electron chi connectivity index (χ4n) is 3.24. The predicted octanol–water partition coefficient (Wildman–Crippen LogP) is 5.37. The molecule has 30 heavy (non-hydrogen) atoms. The second kappa shape index (κ2) is 8.39. The van der Waals surface area contributed by atoms with Gasteiger partial charge in [-0.05, 0) is 47.9 Å². The molecule has 3 aromatic carbocycles. The first kappa shape index (κ1) is 19.7. The van der Waals surface area contributed by atoms with E-state index in [0.29, 0.717) is 5.89 Å². The van der Waals surface area contributed by atoms with Gasteiger partial charge < -0.3 is 9.15 Å². The average Bonchev–Trinajstić information content (AvgIpc) is 3.20. The van der Waals surface area contributed by atoms with Gasteiger partial charge in [-0.2, -0.15) is 0 Å². The zero-order valence-electron chi connectivity index (χ0n) is 16.8. The predicted molar refractivity (Wildman–Crippen MR) is 113 cm³/mol. The molecule has 1 amide bonds. The Kier molecular flexibility index (Phi) is 5.50. The number of amides is 1. The maximum absolute atomic E-state index is 11.3. The van der Waals surface area contributed by atoms with E-state index in [1.807, 2.05) is 72.8 Å². The third-order valence-electron chi connectivity index (χ3n) is 4.97. The average molecular weight is 402 g/mol. The molecule has 1 atom stereocenters. The van der Waals surface area contributed by atoms with E-state index in [1.165, 1.54) is 6.92 Å². The molecule has 0 aliphatic rings. The van der Waals surface area contributed by atoms with Crippen LogP contribution in [0, 0.1) is 0 Å². The fourth-order valence-corrected chi connectivity index (χ4v) is 3.24. The number of carbonyl (C=O) groups is 1. The van der Waals surface area contributed by atoms with Crippen molar-refractivity contribution in [1.29, 1.82) is 0 Å². The fraction of sp³-hybridized carbons (Fsp3) is 0.167. The van der Waals surface area contributed by atoms with Gasteiger partial charge in [0.05, 0.1) is 6.04 Å². The number of rotatable bonds is 6. The molecular formula is C24H22N2O4. The highest BCUT2D eigenvalue weighted by molar-refractivity contribution is 5.73. The highest BCUT2D eigenvalue weighted by atomic mass is 16.5. The molecule has 1 aromatic heterocycles. The van der Waals surface area contributed by atoms with Crippen LogP contribution in [0.1, 0.15) is 31.3 Å². The number of fused-ring (bicyclic) bond motifs is 1. The normalized spacial score (nSPS) is 12.0. The number of carbonyl (C=O) groups excluding carboxylic acids is 1. The number of oxazole rings is 1. The van der Waals surface area contributed by atoms with Crippen LogP contribution >= 0.6 is 0 Å². The van der Waals surface area contributed by atoms with Gasteiger partial charge in [-0.3, -0.25) is 10.0 Å². The summed E-state index contributed by atoms with van der Waals surface area (Å²) in [5.41, 5.74) is 4.49. The van der Waals surface area contributed by atoms with Gasteiger partial charge in [0, 0.05) is 6.92 Å². The van der Waals surface area contributed by atoms with Gasteiger partial charge in [0.1, 0.15) is 11.3 Å². The van der Waals surface area contributed by atoms with E-state index in [1.54, 1.807) is 6.92 Å². The molecule has 0 saturated heterocycles. The van der Waals surface area contributed by atoms with Crippen molar-refractivity contribution >= 4 is 17.0 Å². The zero-order valence-corrected chi connectivity index (χ0v) is 16.8. The van der Waals surface area contributed by atoms with E-state index in [9.17, 15) is 10.0 Å². The molecule has 1 N–H and O–H groups in total. The molecule has 0 spiro atoms. The van der Waals surface area contributed by atoms with Gasteiger partial charge in [0.25, 0.3) is 0 Å². The Bertz CT molecular complexity index is 1120. The molecule has 6 heteroatoms. The Morgan fingerprint density at radius 3 is 2.30 bits per heavy atom. The maximum Gasteiger partial charge on any atom is 0.243 e. The summed E-state index contributed by atoms with van der Waals surface area (Å²) in [5, 5.41) is 10.5. The minimum Gasteiger partial charge on any atom is -0.484 e. The van der Waals surface area contributed by atoms with Crippen LogP contribution in [0.25, 0.3) is 22.2 Å². The number of aromatic nitrogens is 1. The van der Waals surface area contributed by atoms with Crippen LogP contribution in [-0.2, 0) is 11.4 Å². The number of para-hydroxylation sites is 2. The Morgan fingerprint density at radius 2 is 1.67 bits per heavy atom. The van der Waals surface area contributed by atoms with Crippen molar-refractivity contribution in [3.63, 3.8) is 0 Å². The van der Waals surface area contributed by atoms with Crippen molar-refractivity contribution in [1.82, 2.24) is 10.0 Å². The number of nitrogens with zero attached hydrogens (tertiary/aromatic N) is 2. The van der Waals surface area contributed by atoms with E-state index in [-0.39, 0.29) is 12.5 Å². The molecule has 0 fully saturated rings. The molecule has 0 radical (unpaired) electrons. The number of benzene rings is 3. The Morgan fingerprint density at radius 1 is 1.03 bits per heavy atom. The number of hydrogen-bond acceptors (Lipinski definition) is 5. The summed E-state index contributed by atoms with van der Waals surface area (Å²) in [6.45, 7) is 3.37. The summed E-state index contributed by atoms with van der Waals surface area (Å²) in [6.07, 6.45) is 0. The third kappa shape index (κ3) is 4.18. The van der Waals surface area contributed by atoms with E-state index in [0.717, 1.165) is 38.6 Å². The summed E-state index contributed by atoms with van der Waals surface area (Å²) < 4.78 is 11.5. The third-order valence-corrected chi connectivity index (χ3v) is 4.97. The molecule has 0 saturated carbocycles. The van der Waals surface area contributed by atoms with Gasteiger partial charge in [0.15, 0.2) is 12.2 Å². The Labute approximate surface area is 174 Å². The topological polar surface area (TPSA) is 75.8 Å². The summed E-state index contributed by atoms with van der Waals surface area (Å²) in [6, 6.07) is 22.7. The highest BCUT2D eigenvalue weighted by Crippen LogP contribution is 2.26. The lowest BCUT2D eigenvalue weighted by molar-refractivity contribution is -0.172. The standard InChI is InChI=1S/C24H22N2O4/c1-16(26(28)17(2)27)18-7-9-19(10-8-18)20-11-13-21(14-12-20)29-15-24-25-22-5-3-4-6-23(22)30-24/h3-14,16,28H,15H2,1-2H3. The first-order valence-corrected chi connectivity index (χ1v) is 9.67. The largest absolute Gasteiger partial charge is 0.484 e. The van der Waals surface area contributed by atoms with E-state index >= 15 is 0 Å². The summed E-state index contributed by atoms with van der Waals surface area (Å²) in [5.74, 6) is 0.872. The van der Waals surface area contributed by atoms with Crippen LogP contribution < -0.4 is 4.74 Å². The van der Waals surface area contributed by atoms with Gasteiger partial charge in [0.2, 0.25) is 11.8 Å². The van der Waals surface area contributed by atoms with Crippen LogP contribution in [0.3, 0.4) is 0 Å². The van der Waals surface area contributed by atoms with Crippen molar-refractivity contribution in [2.75, 3.05) is 0 Å². The molecule has 4 aromatic rings. The van der Waals surface area contributed by atoms with Gasteiger partial charge in [-0.25, -0.2) is 10.0 Å². The molecule has 6 nitrogen and oxygen atoms in total. The van der Waals surface area contributed by atoms with Crippen molar-refractivity contribution in [2.24, 2.45) is 0 Å². The SMILES string of the molecule is CC(=O)N(O)C(C)c1ccc(-c2ccc(OCc3nc4ccccc4o3)cc2)cc1. The summed E-state index contributed by atoms with van der Waals surface area (Å²) in [7, 11) is 0. The van der Waals surface area contributed by atoms with Crippen LogP contribution in [-0.4, -0.2) is 21.2 Å². The minimum absolute atomic E-state index is 0.258. The summed E-state index contributed by atoms with van der Waals surface area (Å²) >= 11 is 0. The summed E-state index contributed by atoms with van der Waals surface area (Å²) in [4.78, 5) is 15.7. The Hall–Kier alpha value is -3.64. The zero-order chi connectivity index (χ0) is 21.1. The van der Waals surface area contributed by atoms with Gasteiger partial charge >= 0.3 is 0 Å². The van der Waals surface area contributed by atoms with Crippen LogP contribution in [0.5, 0.6) is 5.75 Å². The van der Waals surface area contributed by atoms with Crippen molar-refractivity contribution in [3.8, 4) is 16.9 Å². The second-order valence-electron chi connectivity index (χ2n) is 7.05. The minimum atomic E-state index is -0.404. The van der Waals surface area contributed by atoms with Gasteiger partial charge in [-0.1, -0.05) is 48.5 Å². The number of hydrogen-bond donors (Lipinski definition) is 1. The molecule has 0 aliphatic carbocycles. The molecule has 0 bridgehead atoms. The highest BCUT2D eigenvalue weighted by Gasteiger charge is 2.16. The molecule has 152 valence electrons. The smallest absolute Gasteiger partial charge is 0.243 e. The molecule has 0 aliphatic heterocycles. The van der Waals surface area contributed by atoms with Crippen molar-refractivity contribution in [2.45, 2.75) is 26.5 Å². The first-order valence-electron chi connectivity index (χ1n) is 9.67. The number of hydroxylamine groups is 2. The molecule has 1 unspecified atom stereocenters. The van der Waals surface area contributed by atoms with Crippen LogP contribution in [0.15, 0.2) is 77.2 Å².